The third-order valence-electron chi connectivity index (χ3n) is 3.43. The predicted molar refractivity (Wildman–Crippen MR) is 79.0 cm³/mol. The molecule has 2 atom stereocenters. The zero-order chi connectivity index (χ0) is 16.0. The number of aliphatic carboxylic acids is 1. The summed E-state index contributed by atoms with van der Waals surface area (Å²) in [6, 6.07) is 7.09. The Balaban J connectivity index is 2.86. The fraction of sp³-hybridized carbons (Fsp3) is 0.400. The smallest absolute Gasteiger partial charge is 0.326 e. The lowest BCUT2D eigenvalue weighted by atomic mass is 9.99. The number of benzene rings is 1. The minimum absolute atomic E-state index is 0.176. The summed E-state index contributed by atoms with van der Waals surface area (Å²) in [5.74, 6) is -1.23. The summed E-state index contributed by atoms with van der Waals surface area (Å²) in [5.41, 5.74) is 0.962. The second-order valence-electron chi connectivity index (χ2n) is 4.87. The van der Waals surface area contributed by atoms with Crippen LogP contribution in [-0.4, -0.2) is 30.2 Å². The van der Waals surface area contributed by atoms with Crippen LogP contribution >= 0.6 is 0 Å². The zero-order valence-corrected chi connectivity index (χ0v) is 12.3. The molecule has 0 aromatic heterocycles. The van der Waals surface area contributed by atoms with Gasteiger partial charge in [-0.1, -0.05) is 26.3 Å². The van der Waals surface area contributed by atoms with E-state index >= 15 is 0 Å². The van der Waals surface area contributed by atoms with Crippen molar-refractivity contribution in [1.29, 1.82) is 5.26 Å². The first kappa shape index (κ1) is 16.5. The van der Waals surface area contributed by atoms with Crippen LogP contribution in [0, 0.1) is 17.2 Å². The van der Waals surface area contributed by atoms with E-state index in [0.717, 1.165) is 0 Å². The average molecular weight is 289 g/mol. The van der Waals surface area contributed by atoms with E-state index in [9.17, 15) is 14.7 Å². The van der Waals surface area contributed by atoms with Crippen molar-refractivity contribution in [3.63, 3.8) is 0 Å². The lowest BCUT2D eigenvalue weighted by molar-refractivity contribution is -0.140. The molecule has 2 N–H and O–H groups in total. The largest absolute Gasteiger partial charge is 0.480 e. The van der Waals surface area contributed by atoms with E-state index in [0.29, 0.717) is 17.7 Å². The van der Waals surface area contributed by atoms with Crippen molar-refractivity contribution < 1.29 is 14.7 Å². The molecule has 0 saturated carbocycles. The van der Waals surface area contributed by atoms with Crippen molar-refractivity contribution in [2.24, 2.45) is 5.92 Å². The number of amides is 2. The number of urea groups is 1. The maximum Gasteiger partial charge on any atom is 0.326 e. The number of hydrogen-bond acceptors (Lipinski definition) is 3. The lowest BCUT2D eigenvalue weighted by Crippen LogP contribution is -2.49. The molecule has 0 saturated heterocycles. The van der Waals surface area contributed by atoms with Gasteiger partial charge in [-0.25, -0.2) is 9.59 Å². The van der Waals surface area contributed by atoms with Crippen LogP contribution in [0.4, 0.5) is 10.5 Å². The Labute approximate surface area is 124 Å². The molecule has 0 unspecified atom stereocenters. The van der Waals surface area contributed by atoms with E-state index < -0.39 is 18.0 Å². The standard InChI is InChI=1S/C15H19N3O3/c1-4-10(2)13(14(19)20)17-15(21)18(3)12-7-5-6-11(8-12)9-16/h5-8,10,13H,4H2,1-3H3,(H,17,21)(H,19,20)/t10-,13-/m0/s1. The number of rotatable bonds is 5. The summed E-state index contributed by atoms with van der Waals surface area (Å²) >= 11 is 0. The molecule has 0 bridgehead atoms. The molecule has 112 valence electrons. The van der Waals surface area contributed by atoms with E-state index in [1.807, 2.05) is 13.0 Å². The van der Waals surface area contributed by atoms with E-state index in [-0.39, 0.29) is 5.92 Å². The molecule has 0 aliphatic carbocycles. The number of carboxylic acid groups (broad SMARTS) is 1. The summed E-state index contributed by atoms with van der Waals surface area (Å²) in [6.45, 7) is 3.64. The number of carboxylic acids is 1. The van der Waals surface area contributed by atoms with Crippen LogP contribution in [0.15, 0.2) is 24.3 Å². The first-order chi connectivity index (χ1) is 9.90. The highest BCUT2D eigenvalue weighted by atomic mass is 16.4. The lowest BCUT2D eigenvalue weighted by Gasteiger charge is -2.24. The molecule has 0 aliphatic rings. The Kier molecular flexibility index (Phi) is 5.73. The Morgan fingerprint density at radius 2 is 2.14 bits per heavy atom. The molecule has 0 heterocycles. The fourth-order valence-corrected chi connectivity index (χ4v) is 1.81. The van der Waals surface area contributed by atoms with Gasteiger partial charge in [-0.15, -0.1) is 0 Å². The number of nitrogens with zero attached hydrogens (tertiary/aromatic N) is 2. The quantitative estimate of drug-likeness (QED) is 0.869. The van der Waals surface area contributed by atoms with Crippen LogP contribution in [0.1, 0.15) is 25.8 Å². The van der Waals surface area contributed by atoms with Crippen LogP contribution in [0.25, 0.3) is 0 Å². The van der Waals surface area contributed by atoms with Crippen LogP contribution in [-0.2, 0) is 4.79 Å². The topological polar surface area (TPSA) is 93.4 Å². The number of carbonyl (C=O) groups is 2. The Bertz CT molecular complexity index is 566. The van der Waals surface area contributed by atoms with Crippen molar-refractivity contribution in [1.82, 2.24) is 5.32 Å². The van der Waals surface area contributed by atoms with Crippen molar-refractivity contribution in [2.45, 2.75) is 26.3 Å². The van der Waals surface area contributed by atoms with E-state index in [1.165, 1.54) is 11.9 Å². The van der Waals surface area contributed by atoms with Gasteiger partial charge in [-0.3, -0.25) is 4.90 Å². The Morgan fingerprint density at radius 3 is 2.67 bits per heavy atom. The van der Waals surface area contributed by atoms with Gasteiger partial charge in [0, 0.05) is 12.7 Å². The molecular formula is C15H19N3O3. The van der Waals surface area contributed by atoms with Crippen molar-refractivity contribution in [3.8, 4) is 6.07 Å². The second-order valence-corrected chi connectivity index (χ2v) is 4.87. The monoisotopic (exact) mass is 289 g/mol. The van der Waals surface area contributed by atoms with Gasteiger partial charge in [0.2, 0.25) is 0 Å². The minimum Gasteiger partial charge on any atom is -0.480 e. The van der Waals surface area contributed by atoms with E-state index in [1.54, 1.807) is 31.2 Å². The Hall–Kier alpha value is -2.55. The molecule has 2 amide bonds. The molecule has 0 spiro atoms. The molecule has 1 aromatic carbocycles. The van der Waals surface area contributed by atoms with Crippen molar-refractivity contribution >= 4 is 17.7 Å². The van der Waals surface area contributed by atoms with Gasteiger partial charge in [0.15, 0.2) is 0 Å². The molecule has 1 rings (SSSR count). The maximum atomic E-state index is 12.1. The fourth-order valence-electron chi connectivity index (χ4n) is 1.81. The highest BCUT2D eigenvalue weighted by Crippen LogP contribution is 2.15. The van der Waals surface area contributed by atoms with Gasteiger partial charge in [-0.05, 0) is 24.1 Å². The molecule has 0 fully saturated rings. The first-order valence-corrected chi connectivity index (χ1v) is 6.67. The van der Waals surface area contributed by atoms with Crippen molar-refractivity contribution in [3.05, 3.63) is 29.8 Å². The van der Waals surface area contributed by atoms with Crippen LogP contribution < -0.4 is 10.2 Å². The first-order valence-electron chi connectivity index (χ1n) is 6.67. The van der Waals surface area contributed by atoms with Gasteiger partial charge in [0.1, 0.15) is 6.04 Å². The van der Waals surface area contributed by atoms with E-state index in [4.69, 9.17) is 5.26 Å². The third kappa shape index (κ3) is 4.21. The summed E-state index contributed by atoms with van der Waals surface area (Å²) in [4.78, 5) is 24.7. The SMILES string of the molecule is CC[C@H](C)[C@H](NC(=O)N(C)c1cccc(C#N)c1)C(=O)O. The number of carbonyl (C=O) groups excluding carboxylic acids is 1. The maximum absolute atomic E-state index is 12.1. The van der Waals surface area contributed by atoms with Gasteiger partial charge < -0.3 is 10.4 Å². The normalized spacial score (nSPS) is 12.9. The molecule has 6 heteroatoms. The third-order valence-corrected chi connectivity index (χ3v) is 3.43. The van der Waals surface area contributed by atoms with Gasteiger partial charge in [-0.2, -0.15) is 5.26 Å². The van der Waals surface area contributed by atoms with Gasteiger partial charge in [0.25, 0.3) is 0 Å². The minimum atomic E-state index is -1.06. The van der Waals surface area contributed by atoms with Crippen LogP contribution in [0.3, 0.4) is 0 Å². The molecule has 21 heavy (non-hydrogen) atoms. The van der Waals surface area contributed by atoms with E-state index in [2.05, 4.69) is 5.32 Å². The van der Waals surface area contributed by atoms with Gasteiger partial charge in [0.05, 0.1) is 11.6 Å². The molecule has 6 nitrogen and oxygen atoms in total. The number of nitrogens with one attached hydrogen (secondary N) is 1. The predicted octanol–water partition coefficient (Wildman–Crippen LogP) is 2.20. The Morgan fingerprint density at radius 1 is 1.48 bits per heavy atom. The average Bonchev–Trinajstić information content (AvgIpc) is 2.50. The molecule has 0 radical (unpaired) electrons. The van der Waals surface area contributed by atoms with Crippen LogP contribution in [0.2, 0.25) is 0 Å². The summed E-state index contributed by atoms with van der Waals surface area (Å²) in [5, 5.41) is 20.5. The highest BCUT2D eigenvalue weighted by Gasteiger charge is 2.26. The summed E-state index contributed by atoms with van der Waals surface area (Å²) in [6.07, 6.45) is 0.644. The molecular weight excluding hydrogens is 270 g/mol. The zero-order valence-electron chi connectivity index (χ0n) is 12.3. The van der Waals surface area contributed by atoms with Gasteiger partial charge >= 0.3 is 12.0 Å². The number of anilines is 1. The number of nitriles is 1. The summed E-state index contributed by atoms with van der Waals surface area (Å²) in [7, 11) is 1.53. The summed E-state index contributed by atoms with van der Waals surface area (Å²) < 4.78 is 0. The number of hydrogen-bond donors (Lipinski definition) is 2. The van der Waals surface area contributed by atoms with Crippen LogP contribution in [0.5, 0.6) is 0 Å². The van der Waals surface area contributed by atoms with Crippen molar-refractivity contribution in [2.75, 3.05) is 11.9 Å². The highest BCUT2D eigenvalue weighted by molar-refractivity contribution is 5.94. The molecule has 1 aromatic rings. The second kappa shape index (κ2) is 7.29. The molecule has 0 aliphatic heterocycles.